The van der Waals surface area contributed by atoms with Crippen LogP contribution >= 0.6 is 12.2 Å². The molecule has 22 heavy (non-hydrogen) atoms. The third kappa shape index (κ3) is 4.29. The summed E-state index contributed by atoms with van der Waals surface area (Å²) in [6.07, 6.45) is -2.79. The molecule has 0 radical (unpaired) electrons. The van der Waals surface area contributed by atoms with Crippen LogP contribution in [0.25, 0.3) is 11.1 Å². The Labute approximate surface area is 130 Å². The number of rotatable bonds is 3. The van der Waals surface area contributed by atoms with E-state index in [4.69, 9.17) is 5.73 Å². The van der Waals surface area contributed by atoms with Gasteiger partial charge in [-0.25, -0.2) is 0 Å². The van der Waals surface area contributed by atoms with E-state index < -0.39 is 11.7 Å². The molecule has 0 saturated heterocycles. The summed E-state index contributed by atoms with van der Waals surface area (Å²) in [6, 6.07) is 12.2. The molecular formula is C15H12F3N3S. The minimum atomic E-state index is -4.32. The second-order valence-corrected chi connectivity index (χ2v) is 4.87. The summed E-state index contributed by atoms with van der Waals surface area (Å²) < 4.78 is 37.5. The molecular weight excluding hydrogens is 311 g/mol. The molecule has 2 aromatic carbocycles. The van der Waals surface area contributed by atoms with E-state index in [1.54, 1.807) is 24.3 Å². The number of nitrogens with two attached hydrogens (primary N) is 1. The van der Waals surface area contributed by atoms with Gasteiger partial charge >= 0.3 is 6.18 Å². The molecule has 0 aliphatic rings. The first-order chi connectivity index (χ1) is 10.4. The summed E-state index contributed by atoms with van der Waals surface area (Å²) in [5, 5.41) is 3.88. The second-order valence-electron chi connectivity index (χ2n) is 4.43. The van der Waals surface area contributed by atoms with E-state index in [9.17, 15) is 13.2 Å². The smallest absolute Gasteiger partial charge is 0.375 e. The summed E-state index contributed by atoms with van der Waals surface area (Å²) >= 11 is 4.61. The molecule has 2 aromatic rings. The Morgan fingerprint density at radius 2 is 1.50 bits per heavy atom. The number of nitrogens with one attached hydrogen (secondary N) is 1. The first-order valence-corrected chi connectivity index (χ1v) is 6.63. The number of hydrogen-bond acceptors (Lipinski definition) is 2. The highest BCUT2D eigenvalue weighted by Gasteiger charge is 2.29. The molecule has 0 aliphatic heterocycles. The molecule has 2 rings (SSSR count). The normalized spacial score (nSPS) is 11.6. The Balaban J connectivity index is 2.13. The van der Waals surface area contributed by atoms with E-state index >= 15 is 0 Å². The maximum Gasteiger partial charge on any atom is 0.416 e. The fourth-order valence-corrected chi connectivity index (χ4v) is 1.84. The predicted molar refractivity (Wildman–Crippen MR) is 84.4 cm³/mol. The molecule has 0 aromatic heterocycles. The minimum absolute atomic E-state index is 0.0672. The van der Waals surface area contributed by atoms with Crippen molar-refractivity contribution in [1.82, 2.24) is 5.43 Å². The highest BCUT2D eigenvalue weighted by Crippen LogP contribution is 2.30. The summed E-state index contributed by atoms with van der Waals surface area (Å²) in [6.45, 7) is 0. The Morgan fingerprint density at radius 3 is 1.95 bits per heavy atom. The highest BCUT2D eigenvalue weighted by atomic mass is 32.1. The van der Waals surface area contributed by atoms with Gasteiger partial charge in [0.1, 0.15) is 0 Å². The zero-order chi connectivity index (χ0) is 16.2. The van der Waals surface area contributed by atoms with Crippen LogP contribution in [0.4, 0.5) is 13.2 Å². The first kappa shape index (κ1) is 16.0. The number of thiocarbonyl (C=S) groups is 1. The zero-order valence-corrected chi connectivity index (χ0v) is 12.1. The van der Waals surface area contributed by atoms with Crippen LogP contribution in [0.2, 0.25) is 0 Å². The van der Waals surface area contributed by atoms with Crippen molar-refractivity contribution in [2.24, 2.45) is 10.8 Å². The monoisotopic (exact) mass is 323 g/mol. The number of nitrogens with zero attached hydrogens (tertiary/aromatic N) is 1. The predicted octanol–water partition coefficient (Wildman–Crippen LogP) is 3.54. The molecule has 0 spiro atoms. The van der Waals surface area contributed by atoms with Gasteiger partial charge in [0.15, 0.2) is 5.11 Å². The van der Waals surface area contributed by atoms with Gasteiger partial charge in [0.25, 0.3) is 0 Å². The molecule has 3 nitrogen and oxygen atoms in total. The maximum absolute atomic E-state index is 12.5. The number of hydrazone groups is 1. The second kappa shape index (κ2) is 6.57. The van der Waals surface area contributed by atoms with Crippen LogP contribution in [-0.4, -0.2) is 11.3 Å². The molecule has 0 unspecified atom stereocenters. The number of alkyl halides is 3. The minimum Gasteiger partial charge on any atom is -0.375 e. The van der Waals surface area contributed by atoms with E-state index in [1.165, 1.54) is 18.3 Å². The van der Waals surface area contributed by atoms with Gasteiger partial charge in [-0.3, -0.25) is 5.43 Å². The molecule has 0 bridgehead atoms. The summed E-state index contributed by atoms with van der Waals surface area (Å²) in [7, 11) is 0. The molecule has 0 fully saturated rings. The van der Waals surface area contributed by atoms with Crippen LogP contribution in [0.5, 0.6) is 0 Å². The van der Waals surface area contributed by atoms with Crippen LogP contribution in [0.3, 0.4) is 0 Å². The lowest BCUT2D eigenvalue weighted by Gasteiger charge is -2.08. The molecule has 0 aliphatic carbocycles. The van der Waals surface area contributed by atoms with Crippen molar-refractivity contribution in [3.8, 4) is 11.1 Å². The lowest BCUT2D eigenvalue weighted by Crippen LogP contribution is -2.23. The molecule has 0 amide bonds. The van der Waals surface area contributed by atoms with E-state index in [0.29, 0.717) is 5.56 Å². The van der Waals surface area contributed by atoms with Crippen molar-refractivity contribution in [2.45, 2.75) is 6.18 Å². The van der Waals surface area contributed by atoms with Crippen molar-refractivity contribution in [1.29, 1.82) is 0 Å². The van der Waals surface area contributed by atoms with Crippen LogP contribution in [-0.2, 0) is 6.18 Å². The fourth-order valence-electron chi connectivity index (χ4n) is 1.78. The standard InChI is InChI=1S/C15H12F3N3S/c16-15(17,18)13-7-5-12(6-8-13)11-3-1-10(2-4-11)9-20-21-14(19)22/h1-9H,(H3,19,21,22). The van der Waals surface area contributed by atoms with Gasteiger partial charge in [-0.2, -0.15) is 18.3 Å². The fraction of sp³-hybridized carbons (Fsp3) is 0.0667. The highest BCUT2D eigenvalue weighted by molar-refractivity contribution is 7.80. The quantitative estimate of drug-likeness (QED) is 0.516. The maximum atomic E-state index is 12.5. The third-order valence-electron chi connectivity index (χ3n) is 2.84. The number of halogens is 3. The Morgan fingerprint density at radius 1 is 1.00 bits per heavy atom. The van der Waals surface area contributed by atoms with Gasteiger partial charge in [0.05, 0.1) is 11.8 Å². The number of benzene rings is 2. The van der Waals surface area contributed by atoms with E-state index in [0.717, 1.165) is 23.3 Å². The molecule has 3 N–H and O–H groups in total. The summed E-state index contributed by atoms with van der Waals surface area (Å²) in [5.74, 6) is 0. The van der Waals surface area contributed by atoms with Gasteiger partial charge in [-0.1, -0.05) is 36.4 Å². The lowest BCUT2D eigenvalue weighted by atomic mass is 10.0. The van der Waals surface area contributed by atoms with Crippen LogP contribution in [0.15, 0.2) is 53.6 Å². The Bertz CT molecular complexity index is 677. The van der Waals surface area contributed by atoms with Crippen molar-refractivity contribution >= 4 is 23.5 Å². The van der Waals surface area contributed by atoms with Crippen molar-refractivity contribution in [3.05, 3.63) is 59.7 Å². The lowest BCUT2D eigenvalue weighted by molar-refractivity contribution is -0.137. The average Bonchev–Trinajstić information content (AvgIpc) is 2.47. The van der Waals surface area contributed by atoms with E-state index in [1.807, 2.05) is 0 Å². The molecule has 0 heterocycles. The van der Waals surface area contributed by atoms with Gasteiger partial charge in [-0.05, 0) is 41.0 Å². The number of hydrogen-bond donors (Lipinski definition) is 2. The van der Waals surface area contributed by atoms with Crippen molar-refractivity contribution in [2.75, 3.05) is 0 Å². The SMILES string of the molecule is NC(=S)NN=Cc1ccc(-c2ccc(C(F)(F)F)cc2)cc1. The third-order valence-corrected chi connectivity index (χ3v) is 2.94. The summed E-state index contributed by atoms with van der Waals surface area (Å²) in [4.78, 5) is 0. The van der Waals surface area contributed by atoms with Gasteiger partial charge in [0.2, 0.25) is 0 Å². The van der Waals surface area contributed by atoms with Gasteiger partial charge in [-0.15, -0.1) is 0 Å². The van der Waals surface area contributed by atoms with Crippen LogP contribution in [0, 0.1) is 0 Å². The van der Waals surface area contributed by atoms with Gasteiger partial charge in [0, 0.05) is 0 Å². The van der Waals surface area contributed by atoms with Crippen LogP contribution < -0.4 is 11.2 Å². The molecule has 114 valence electrons. The van der Waals surface area contributed by atoms with Crippen LogP contribution in [0.1, 0.15) is 11.1 Å². The summed E-state index contributed by atoms with van der Waals surface area (Å²) in [5.41, 5.74) is 9.32. The van der Waals surface area contributed by atoms with E-state index in [2.05, 4.69) is 22.7 Å². The topological polar surface area (TPSA) is 50.4 Å². The Kier molecular flexibility index (Phi) is 4.77. The molecule has 0 atom stereocenters. The van der Waals surface area contributed by atoms with E-state index in [-0.39, 0.29) is 5.11 Å². The largest absolute Gasteiger partial charge is 0.416 e. The zero-order valence-electron chi connectivity index (χ0n) is 11.3. The van der Waals surface area contributed by atoms with Gasteiger partial charge < -0.3 is 5.73 Å². The first-order valence-electron chi connectivity index (χ1n) is 6.22. The molecule has 7 heteroatoms. The van der Waals surface area contributed by atoms with Crippen molar-refractivity contribution in [3.63, 3.8) is 0 Å². The van der Waals surface area contributed by atoms with Crippen molar-refractivity contribution < 1.29 is 13.2 Å². The Hall–Kier alpha value is -2.41. The molecule has 0 saturated carbocycles. The average molecular weight is 323 g/mol.